The summed E-state index contributed by atoms with van der Waals surface area (Å²) in [5.41, 5.74) is 2.06. The monoisotopic (exact) mass is 476 g/mol. The minimum atomic E-state index is -0.706. The summed E-state index contributed by atoms with van der Waals surface area (Å²) >= 11 is 7.34. The maximum absolute atomic E-state index is 12.3. The maximum atomic E-state index is 12.3. The molecule has 0 aliphatic heterocycles. The third kappa shape index (κ3) is 5.30. The molecule has 0 aliphatic rings. The zero-order valence-electron chi connectivity index (χ0n) is 17.9. The molecule has 0 radical (unpaired) electrons. The van der Waals surface area contributed by atoms with E-state index in [1.165, 1.54) is 25.6 Å². The number of nitrogens with zero attached hydrogens (tertiary/aromatic N) is 1. The molecule has 0 saturated heterocycles. The van der Waals surface area contributed by atoms with Gasteiger partial charge in [0.25, 0.3) is 5.91 Å². The third-order valence-corrected chi connectivity index (χ3v) is 5.73. The quantitative estimate of drug-likeness (QED) is 0.475. The Bertz CT molecular complexity index is 1150. The number of thiazole rings is 1. The molecule has 1 aromatic heterocycles. The lowest BCUT2D eigenvalue weighted by Crippen LogP contribution is -2.21. The summed E-state index contributed by atoms with van der Waals surface area (Å²) in [7, 11) is 4.56. The van der Waals surface area contributed by atoms with Crippen molar-refractivity contribution in [2.45, 2.75) is 6.92 Å². The van der Waals surface area contributed by atoms with Crippen molar-refractivity contribution in [1.82, 2.24) is 4.98 Å². The Kier molecular flexibility index (Phi) is 7.55. The van der Waals surface area contributed by atoms with Crippen molar-refractivity contribution < 1.29 is 28.5 Å². The highest BCUT2D eigenvalue weighted by molar-refractivity contribution is 7.13. The molecule has 0 aliphatic carbocycles. The fraction of sp³-hybridized carbons (Fsp3) is 0.227. The van der Waals surface area contributed by atoms with Crippen LogP contribution in [-0.2, 0) is 9.53 Å². The molecular formula is C22H21ClN2O6S. The van der Waals surface area contributed by atoms with Crippen molar-refractivity contribution in [2.24, 2.45) is 0 Å². The van der Waals surface area contributed by atoms with Crippen LogP contribution >= 0.6 is 22.9 Å². The van der Waals surface area contributed by atoms with Crippen molar-refractivity contribution in [1.29, 1.82) is 0 Å². The van der Waals surface area contributed by atoms with Crippen molar-refractivity contribution in [2.75, 3.05) is 33.3 Å². The highest BCUT2D eigenvalue weighted by Gasteiger charge is 2.17. The number of nitrogens with one attached hydrogen (secondary N) is 1. The van der Waals surface area contributed by atoms with Gasteiger partial charge in [0.15, 0.2) is 23.8 Å². The second-order valence-corrected chi connectivity index (χ2v) is 7.80. The van der Waals surface area contributed by atoms with Gasteiger partial charge in [0, 0.05) is 22.0 Å². The van der Waals surface area contributed by atoms with Gasteiger partial charge in [-0.2, -0.15) is 0 Å². The fourth-order valence-corrected chi connectivity index (χ4v) is 3.73. The van der Waals surface area contributed by atoms with E-state index in [-0.39, 0.29) is 5.69 Å². The summed E-state index contributed by atoms with van der Waals surface area (Å²) in [5, 5.41) is 5.33. The van der Waals surface area contributed by atoms with E-state index in [0.717, 1.165) is 11.1 Å². The minimum absolute atomic E-state index is 0.104. The van der Waals surface area contributed by atoms with Gasteiger partial charge in [0.1, 0.15) is 10.8 Å². The maximum Gasteiger partial charge on any atom is 0.358 e. The fourth-order valence-electron chi connectivity index (χ4n) is 2.79. The third-order valence-electron chi connectivity index (χ3n) is 4.43. The average Bonchev–Trinajstić information content (AvgIpc) is 3.29. The van der Waals surface area contributed by atoms with Crippen molar-refractivity contribution in [3.63, 3.8) is 0 Å². The van der Waals surface area contributed by atoms with E-state index >= 15 is 0 Å². The Balaban J connectivity index is 1.63. The lowest BCUT2D eigenvalue weighted by molar-refractivity contribution is -0.119. The Morgan fingerprint density at radius 3 is 2.44 bits per heavy atom. The summed E-state index contributed by atoms with van der Waals surface area (Å²) in [5.74, 6) is 0.315. The van der Waals surface area contributed by atoms with Gasteiger partial charge in [-0.05, 0) is 36.8 Å². The van der Waals surface area contributed by atoms with Crippen molar-refractivity contribution in [3.8, 4) is 27.8 Å². The van der Waals surface area contributed by atoms with E-state index in [1.54, 1.807) is 43.7 Å². The second kappa shape index (κ2) is 10.3. The summed E-state index contributed by atoms with van der Waals surface area (Å²) in [4.78, 5) is 28.9. The second-order valence-electron chi connectivity index (χ2n) is 6.53. The molecular weight excluding hydrogens is 456 g/mol. The van der Waals surface area contributed by atoms with Gasteiger partial charge in [-0.15, -0.1) is 11.3 Å². The molecule has 0 unspecified atom stereocenters. The highest BCUT2D eigenvalue weighted by Crippen LogP contribution is 2.34. The first-order valence-electron chi connectivity index (χ1n) is 9.35. The van der Waals surface area contributed by atoms with E-state index in [9.17, 15) is 9.59 Å². The van der Waals surface area contributed by atoms with E-state index < -0.39 is 18.5 Å². The van der Waals surface area contributed by atoms with Crippen LogP contribution in [-0.4, -0.2) is 44.8 Å². The Morgan fingerprint density at radius 2 is 1.75 bits per heavy atom. The summed E-state index contributed by atoms with van der Waals surface area (Å²) in [6, 6.07) is 8.61. The lowest BCUT2D eigenvalue weighted by atomic mass is 10.2. The van der Waals surface area contributed by atoms with Gasteiger partial charge < -0.3 is 24.3 Å². The molecule has 0 bridgehead atoms. The van der Waals surface area contributed by atoms with Crippen LogP contribution in [0.5, 0.6) is 17.2 Å². The van der Waals surface area contributed by atoms with E-state index in [4.69, 9.17) is 30.5 Å². The van der Waals surface area contributed by atoms with Crippen LogP contribution in [0.15, 0.2) is 35.7 Å². The highest BCUT2D eigenvalue weighted by atomic mass is 35.5. The Morgan fingerprint density at radius 1 is 1.03 bits per heavy atom. The molecule has 1 heterocycles. The molecule has 168 valence electrons. The number of amides is 1. The first kappa shape index (κ1) is 23.4. The number of benzene rings is 2. The van der Waals surface area contributed by atoms with Gasteiger partial charge in [-0.1, -0.05) is 11.6 Å². The van der Waals surface area contributed by atoms with Gasteiger partial charge in [0.2, 0.25) is 0 Å². The van der Waals surface area contributed by atoms with Gasteiger partial charge in [0.05, 0.1) is 27.0 Å². The number of esters is 1. The van der Waals surface area contributed by atoms with Gasteiger partial charge in [-0.3, -0.25) is 4.79 Å². The first-order valence-corrected chi connectivity index (χ1v) is 10.6. The first-order chi connectivity index (χ1) is 15.4. The molecule has 0 fully saturated rings. The number of hydrogen-bond acceptors (Lipinski definition) is 8. The summed E-state index contributed by atoms with van der Waals surface area (Å²) in [6.07, 6.45) is 0. The molecule has 1 N–H and O–H groups in total. The van der Waals surface area contributed by atoms with E-state index in [1.807, 2.05) is 6.07 Å². The van der Waals surface area contributed by atoms with Crippen molar-refractivity contribution in [3.05, 3.63) is 52.0 Å². The molecule has 3 aromatic rings. The SMILES string of the molecule is COc1cc(Cl)c(C)cc1NC(=O)COC(=O)c1csc(-c2ccc(OC)c(OC)c2)n1. The van der Waals surface area contributed by atoms with Gasteiger partial charge >= 0.3 is 5.97 Å². The number of methoxy groups -OCH3 is 3. The molecule has 10 heteroatoms. The number of ether oxygens (including phenoxy) is 4. The number of aromatic nitrogens is 1. The van der Waals surface area contributed by atoms with Crippen LogP contribution in [0.3, 0.4) is 0 Å². The Hall–Kier alpha value is -3.30. The zero-order chi connectivity index (χ0) is 23.3. The average molecular weight is 477 g/mol. The van der Waals surface area contributed by atoms with Crippen LogP contribution in [0, 0.1) is 6.92 Å². The lowest BCUT2D eigenvalue weighted by Gasteiger charge is -2.12. The standard InChI is InChI=1S/C22H21ClN2O6S/c1-12-7-15(18(29-3)9-14(12)23)24-20(26)10-31-22(27)16-11-32-21(25-16)13-5-6-17(28-2)19(8-13)30-4/h5-9,11H,10H2,1-4H3,(H,24,26). The topological polar surface area (TPSA) is 96.0 Å². The number of carbonyl (C=O) groups excluding carboxylic acids is 2. The Labute approximate surface area is 194 Å². The molecule has 3 rings (SSSR count). The number of aryl methyl sites for hydroxylation is 1. The molecule has 0 spiro atoms. The number of rotatable bonds is 8. The molecule has 0 atom stereocenters. The predicted molar refractivity (Wildman–Crippen MR) is 122 cm³/mol. The number of carbonyl (C=O) groups is 2. The minimum Gasteiger partial charge on any atom is -0.495 e. The van der Waals surface area contributed by atoms with Gasteiger partial charge in [-0.25, -0.2) is 9.78 Å². The number of anilines is 1. The molecule has 0 saturated carbocycles. The predicted octanol–water partition coefficient (Wildman–Crippen LogP) is 4.59. The van der Waals surface area contributed by atoms with Crippen LogP contribution in [0.2, 0.25) is 5.02 Å². The van der Waals surface area contributed by atoms with E-state index in [0.29, 0.717) is 33.0 Å². The number of hydrogen-bond donors (Lipinski definition) is 1. The largest absolute Gasteiger partial charge is 0.495 e. The van der Waals surface area contributed by atoms with Crippen LogP contribution in [0.25, 0.3) is 10.6 Å². The molecule has 32 heavy (non-hydrogen) atoms. The molecule has 8 nitrogen and oxygen atoms in total. The van der Waals surface area contributed by atoms with Crippen LogP contribution in [0.4, 0.5) is 5.69 Å². The summed E-state index contributed by atoms with van der Waals surface area (Å²) in [6.45, 7) is 1.32. The summed E-state index contributed by atoms with van der Waals surface area (Å²) < 4.78 is 20.8. The van der Waals surface area contributed by atoms with E-state index in [2.05, 4.69) is 10.3 Å². The van der Waals surface area contributed by atoms with Crippen LogP contribution < -0.4 is 19.5 Å². The molecule has 1 amide bonds. The zero-order valence-corrected chi connectivity index (χ0v) is 19.4. The smallest absolute Gasteiger partial charge is 0.358 e. The van der Waals surface area contributed by atoms with Crippen molar-refractivity contribution >= 4 is 40.5 Å². The van der Waals surface area contributed by atoms with Crippen LogP contribution in [0.1, 0.15) is 16.1 Å². The number of halogens is 1. The molecule has 2 aromatic carbocycles. The normalized spacial score (nSPS) is 10.4.